The molecule has 2 aromatic carbocycles. The van der Waals surface area contributed by atoms with Crippen molar-refractivity contribution >= 4 is 57.6 Å². The van der Waals surface area contributed by atoms with E-state index >= 15 is 0 Å². The van der Waals surface area contributed by atoms with Crippen LogP contribution in [0.25, 0.3) is 10.9 Å². The van der Waals surface area contributed by atoms with E-state index in [1.54, 1.807) is 35.7 Å². The molecule has 0 aliphatic carbocycles. The third kappa shape index (κ3) is 2.94. The monoisotopic (exact) mass is 394 g/mol. The number of rotatable bonds is 3. The molecule has 1 aliphatic rings. The second kappa shape index (κ2) is 6.64. The van der Waals surface area contributed by atoms with Crippen molar-refractivity contribution in [2.75, 3.05) is 11.5 Å². The number of nitrogens with zero attached hydrogens (tertiary/aromatic N) is 2. The molecule has 3 nitrogen and oxygen atoms in total. The summed E-state index contributed by atoms with van der Waals surface area (Å²) in [6, 6.07) is 13.0. The maximum absolute atomic E-state index is 12.8. The van der Waals surface area contributed by atoms with Crippen molar-refractivity contribution in [3.05, 3.63) is 62.9 Å². The maximum Gasteiger partial charge on any atom is 0.262 e. The van der Waals surface area contributed by atoms with E-state index in [1.807, 2.05) is 34.9 Å². The molecule has 24 heavy (non-hydrogen) atoms. The molecule has 1 unspecified atom stereocenters. The number of aromatic nitrogens is 2. The van der Waals surface area contributed by atoms with Crippen molar-refractivity contribution in [3.63, 3.8) is 0 Å². The Morgan fingerprint density at radius 2 is 2.08 bits per heavy atom. The van der Waals surface area contributed by atoms with E-state index in [0.717, 1.165) is 27.1 Å². The first-order valence-corrected chi connectivity index (χ1v) is 10.1. The molecule has 1 atom stereocenters. The molecule has 3 aromatic rings. The van der Waals surface area contributed by atoms with Gasteiger partial charge in [-0.1, -0.05) is 47.1 Å². The van der Waals surface area contributed by atoms with Crippen LogP contribution in [-0.2, 0) is 0 Å². The first-order chi connectivity index (χ1) is 11.6. The van der Waals surface area contributed by atoms with Crippen LogP contribution in [0.3, 0.4) is 0 Å². The summed E-state index contributed by atoms with van der Waals surface area (Å²) in [5, 5.41) is 2.80. The Hall–Kier alpha value is -1.14. The van der Waals surface area contributed by atoms with Gasteiger partial charge in [-0.15, -0.1) is 11.8 Å². The van der Waals surface area contributed by atoms with Crippen LogP contribution in [0.15, 0.2) is 57.3 Å². The van der Waals surface area contributed by atoms with Gasteiger partial charge in [0, 0.05) is 21.4 Å². The van der Waals surface area contributed by atoms with Gasteiger partial charge in [-0.25, -0.2) is 4.98 Å². The predicted molar refractivity (Wildman–Crippen MR) is 103 cm³/mol. The molecule has 1 aliphatic heterocycles. The molecule has 7 heteroatoms. The maximum atomic E-state index is 12.8. The lowest BCUT2D eigenvalue weighted by molar-refractivity contribution is 0.558. The summed E-state index contributed by atoms with van der Waals surface area (Å²) in [7, 11) is 0. The van der Waals surface area contributed by atoms with Gasteiger partial charge in [0.15, 0.2) is 5.16 Å². The topological polar surface area (TPSA) is 34.9 Å². The van der Waals surface area contributed by atoms with E-state index in [4.69, 9.17) is 23.2 Å². The molecule has 4 rings (SSSR count). The summed E-state index contributed by atoms with van der Waals surface area (Å²) in [6.07, 6.45) is 0. The van der Waals surface area contributed by atoms with Crippen LogP contribution in [0.1, 0.15) is 6.04 Å². The fraction of sp³-hybridized carbons (Fsp3) is 0.176. The van der Waals surface area contributed by atoms with Crippen LogP contribution in [0.5, 0.6) is 0 Å². The Balaban J connectivity index is 1.65. The van der Waals surface area contributed by atoms with E-state index in [9.17, 15) is 4.79 Å². The van der Waals surface area contributed by atoms with Crippen molar-refractivity contribution < 1.29 is 0 Å². The highest BCUT2D eigenvalue weighted by Crippen LogP contribution is 2.37. The highest BCUT2D eigenvalue weighted by atomic mass is 35.5. The standard InChI is InChI=1S/C17H12Cl2N2OS2/c18-10-5-6-13(19)15(7-10)23-8-11-9-24-17-20-14-4-2-1-3-12(14)16(22)21(11)17/h1-7,11H,8-9H2. The zero-order chi connectivity index (χ0) is 16.7. The molecule has 0 fully saturated rings. The summed E-state index contributed by atoms with van der Waals surface area (Å²) in [4.78, 5) is 18.4. The lowest BCUT2D eigenvalue weighted by Gasteiger charge is -2.14. The molecule has 122 valence electrons. The molecule has 0 N–H and O–H groups in total. The molecule has 0 radical (unpaired) electrons. The lowest BCUT2D eigenvalue weighted by atomic mass is 10.2. The first kappa shape index (κ1) is 16.3. The van der Waals surface area contributed by atoms with E-state index in [-0.39, 0.29) is 11.6 Å². The van der Waals surface area contributed by atoms with Gasteiger partial charge in [0.1, 0.15) is 0 Å². The zero-order valence-electron chi connectivity index (χ0n) is 12.4. The van der Waals surface area contributed by atoms with E-state index in [0.29, 0.717) is 15.4 Å². The summed E-state index contributed by atoms with van der Waals surface area (Å²) < 4.78 is 1.82. The normalized spacial score (nSPS) is 16.5. The molecular weight excluding hydrogens is 383 g/mol. The van der Waals surface area contributed by atoms with Gasteiger partial charge in [-0.2, -0.15) is 0 Å². The third-order valence-electron chi connectivity index (χ3n) is 3.87. The van der Waals surface area contributed by atoms with Gasteiger partial charge in [0.2, 0.25) is 0 Å². The number of thioether (sulfide) groups is 2. The van der Waals surface area contributed by atoms with E-state index in [1.165, 1.54) is 0 Å². The van der Waals surface area contributed by atoms with E-state index in [2.05, 4.69) is 4.98 Å². The van der Waals surface area contributed by atoms with Gasteiger partial charge in [-0.05, 0) is 30.3 Å². The Kier molecular flexibility index (Phi) is 4.52. The highest BCUT2D eigenvalue weighted by Gasteiger charge is 2.26. The van der Waals surface area contributed by atoms with Crippen LogP contribution in [0.4, 0.5) is 0 Å². The van der Waals surface area contributed by atoms with Crippen molar-refractivity contribution in [2.45, 2.75) is 16.1 Å². The molecule has 0 bridgehead atoms. The second-order valence-corrected chi connectivity index (χ2v) is 8.33. The first-order valence-electron chi connectivity index (χ1n) is 7.35. The predicted octanol–water partition coefficient (Wildman–Crippen LogP) is 5.14. The average Bonchev–Trinajstić information content (AvgIpc) is 2.99. The van der Waals surface area contributed by atoms with Gasteiger partial charge in [-0.3, -0.25) is 9.36 Å². The smallest absolute Gasteiger partial charge is 0.262 e. The summed E-state index contributed by atoms with van der Waals surface area (Å²) in [6.45, 7) is 0. The van der Waals surface area contributed by atoms with Crippen molar-refractivity contribution in [1.82, 2.24) is 9.55 Å². The molecule has 0 saturated heterocycles. The van der Waals surface area contributed by atoms with Gasteiger partial charge in [0.05, 0.1) is 22.0 Å². The Morgan fingerprint density at radius 1 is 1.25 bits per heavy atom. The van der Waals surface area contributed by atoms with Crippen molar-refractivity contribution in [2.24, 2.45) is 0 Å². The fourth-order valence-corrected chi connectivity index (χ4v) is 5.56. The minimum atomic E-state index is 0.0309. The SMILES string of the molecule is O=c1c2ccccc2nc2n1C(CSc1cc(Cl)ccc1Cl)CS2. The Bertz CT molecular complexity index is 990. The average molecular weight is 395 g/mol. The van der Waals surface area contributed by atoms with Crippen molar-refractivity contribution in [3.8, 4) is 0 Å². The summed E-state index contributed by atoms with van der Waals surface area (Å²) in [5.41, 5.74) is 0.788. The largest absolute Gasteiger partial charge is 0.282 e. The number of fused-ring (bicyclic) bond motifs is 2. The van der Waals surface area contributed by atoms with E-state index < -0.39 is 0 Å². The van der Waals surface area contributed by atoms with Crippen molar-refractivity contribution in [1.29, 1.82) is 0 Å². The fourth-order valence-electron chi connectivity index (χ4n) is 2.69. The summed E-state index contributed by atoms with van der Waals surface area (Å²) >= 11 is 15.5. The molecule has 1 aromatic heterocycles. The van der Waals surface area contributed by atoms with Crippen LogP contribution >= 0.6 is 46.7 Å². The van der Waals surface area contributed by atoms with Gasteiger partial charge < -0.3 is 0 Å². The zero-order valence-corrected chi connectivity index (χ0v) is 15.6. The van der Waals surface area contributed by atoms with Crippen LogP contribution in [-0.4, -0.2) is 21.1 Å². The molecule has 2 heterocycles. The second-order valence-electron chi connectivity index (χ2n) is 5.44. The number of hydrogen-bond donors (Lipinski definition) is 0. The third-order valence-corrected chi connectivity index (χ3v) is 6.84. The van der Waals surface area contributed by atoms with Crippen LogP contribution in [0, 0.1) is 0 Å². The minimum absolute atomic E-state index is 0.0309. The Morgan fingerprint density at radius 3 is 2.96 bits per heavy atom. The molecular formula is C17H12Cl2N2OS2. The number of para-hydroxylation sites is 1. The number of halogens is 2. The lowest BCUT2D eigenvalue weighted by Crippen LogP contribution is -2.25. The Labute approximate surface area is 157 Å². The highest BCUT2D eigenvalue weighted by molar-refractivity contribution is 8.00. The van der Waals surface area contributed by atoms with Gasteiger partial charge >= 0.3 is 0 Å². The number of hydrogen-bond acceptors (Lipinski definition) is 4. The summed E-state index contributed by atoms with van der Waals surface area (Å²) in [5.74, 6) is 1.59. The van der Waals surface area contributed by atoms with Gasteiger partial charge in [0.25, 0.3) is 5.56 Å². The van der Waals surface area contributed by atoms with Crippen LogP contribution in [0.2, 0.25) is 10.0 Å². The quantitative estimate of drug-likeness (QED) is 0.454. The minimum Gasteiger partial charge on any atom is -0.282 e. The van der Waals surface area contributed by atoms with Crippen LogP contribution < -0.4 is 5.56 Å². The molecule has 0 amide bonds. The molecule has 0 saturated carbocycles. The molecule has 0 spiro atoms. The number of benzene rings is 2.